The van der Waals surface area contributed by atoms with Crippen molar-refractivity contribution in [2.75, 3.05) is 18.0 Å². The maximum absolute atomic E-state index is 6.26. The first-order chi connectivity index (χ1) is 9.05. The Morgan fingerprint density at radius 1 is 1.26 bits per heavy atom. The van der Waals surface area contributed by atoms with Gasteiger partial charge in [-0.05, 0) is 37.5 Å². The number of piperidine rings is 1. The third kappa shape index (κ3) is 2.59. The summed E-state index contributed by atoms with van der Waals surface area (Å²) in [5, 5.41) is 0. The predicted octanol–water partition coefficient (Wildman–Crippen LogP) is 2.44. The van der Waals surface area contributed by atoms with E-state index in [9.17, 15) is 0 Å². The van der Waals surface area contributed by atoms with Gasteiger partial charge in [0.15, 0.2) is 0 Å². The van der Waals surface area contributed by atoms with Gasteiger partial charge in [-0.25, -0.2) is 9.97 Å². The van der Waals surface area contributed by atoms with Gasteiger partial charge in [-0.1, -0.05) is 13.8 Å². The summed E-state index contributed by atoms with van der Waals surface area (Å²) >= 11 is 0. The second kappa shape index (κ2) is 4.75. The van der Waals surface area contributed by atoms with Crippen molar-refractivity contribution >= 4 is 5.95 Å². The molecule has 4 heteroatoms. The van der Waals surface area contributed by atoms with Gasteiger partial charge in [-0.3, -0.25) is 0 Å². The summed E-state index contributed by atoms with van der Waals surface area (Å²) in [5.74, 6) is 0.906. The standard InChI is InChI=1S/C15H24N4/c1-15(2)8-12(16)11-10-17-14(18-13(11)9-15)19-6-4-3-5-7-19/h10,12H,3-9,16H2,1-2H3. The molecule has 104 valence electrons. The van der Waals surface area contributed by atoms with Crippen LogP contribution in [0.4, 0.5) is 5.95 Å². The van der Waals surface area contributed by atoms with Crippen molar-refractivity contribution in [1.82, 2.24) is 9.97 Å². The smallest absolute Gasteiger partial charge is 0.225 e. The van der Waals surface area contributed by atoms with E-state index in [4.69, 9.17) is 10.7 Å². The molecule has 1 aliphatic carbocycles. The SMILES string of the molecule is CC1(C)Cc2nc(N3CCCCC3)ncc2C(N)C1. The molecule has 3 rings (SSSR count). The van der Waals surface area contributed by atoms with Crippen LogP contribution in [0.5, 0.6) is 0 Å². The number of rotatable bonds is 1. The van der Waals surface area contributed by atoms with Crippen molar-refractivity contribution in [2.24, 2.45) is 11.1 Å². The highest BCUT2D eigenvalue weighted by atomic mass is 15.2. The Labute approximate surface area is 115 Å². The van der Waals surface area contributed by atoms with Crippen molar-refractivity contribution in [1.29, 1.82) is 0 Å². The topological polar surface area (TPSA) is 55.0 Å². The van der Waals surface area contributed by atoms with E-state index in [1.807, 2.05) is 6.20 Å². The average molecular weight is 260 g/mol. The van der Waals surface area contributed by atoms with Crippen molar-refractivity contribution in [3.8, 4) is 0 Å². The molecule has 1 aliphatic heterocycles. The van der Waals surface area contributed by atoms with Gasteiger partial charge in [0.05, 0.1) is 5.69 Å². The summed E-state index contributed by atoms with van der Waals surface area (Å²) in [5.41, 5.74) is 8.83. The zero-order chi connectivity index (χ0) is 13.5. The third-order valence-electron chi connectivity index (χ3n) is 4.34. The van der Waals surface area contributed by atoms with Gasteiger partial charge in [0, 0.05) is 30.9 Å². The second-order valence-corrected chi connectivity index (χ2v) is 6.77. The average Bonchev–Trinajstić information content (AvgIpc) is 2.37. The van der Waals surface area contributed by atoms with Crippen molar-refractivity contribution < 1.29 is 0 Å². The molecule has 0 aromatic carbocycles. The van der Waals surface area contributed by atoms with E-state index in [1.165, 1.54) is 25.0 Å². The maximum atomic E-state index is 6.26. The Kier molecular flexibility index (Phi) is 3.21. The largest absolute Gasteiger partial charge is 0.341 e. The van der Waals surface area contributed by atoms with Crippen molar-refractivity contribution in [3.05, 3.63) is 17.5 Å². The second-order valence-electron chi connectivity index (χ2n) is 6.77. The molecule has 2 heterocycles. The molecular formula is C15H24N4. The van der Waals surface area contributed by atoms with E-state index < -0.39 is 0 Å². The normalized spacial score (nSPS) is 26.1. The van der Waals surface area contributed by atoms with E-state index in [-0.39, 0.29) is 11.5 Å². The highest BCUT2D eigenvalue weighted by Gasteiger charge is 2.32. The fraction of sp³-hybridized carbons (Fsp3) is 0.733. The summed E-state index contributed by atoms with van der Waals surface area (Å²) in [6.45, 7) is 6.74. The molecule has 2 N–H and O–H groups in total. The lowest BCUT2D eigenvalue weighted by Crippen LogP contribution is -2.34. The van der Waals surface area contributed by atoms with Crippen LogP contribution in [0.1, 0.15) is 56.8 Å². The molecule has 0 radical (unpaired) electrons. The summed E-state index contributed by atoms with van der Waals surface area (Å²) < 4.78 is 0. The van der Waals surface area contributed by atoms with E-state index >= 15 is 0 Å². The van der Waals surface area contributed by atoms with E-state index in [0.717, 1.165) is 37.4 Å². The maximum Gasteiger partial charge on any atom is 0.225 e. The molecule has 0 spiro atoms. The zero-order valence-corrected chi connectivity index (χ0v) is 12.0. The van der Waals surface area contributed by atoms with Gasteiger partial charge in [0.1, 0.15) is 0 Å². The molecule has 1 aromatic rings. The minimum absolute atomic E-state index is 0.0918. The highest BCUT2D eigenvalue weighted by molar-refractivity contribution is 5.36. The van der Waals surface area contributed by atoms with Crippen LogP contribution in [0.2, 0.25) is 0 Å². The minimum Gasteiger partial charge on any atom is -0.341 e. The molecule has 1 aromatic heterocycles. The monoisotopic (exact) mass is 260 g/mol. The number of aromatic nitrogens is 2. The van der Waals surface area contributed by atoms with Crippen molar-refractivity contribution in [2.45, 2.75) is 52.0 Å². The number of nitrogens with zero attached hydrogens (tertiary/aromatic N) is 3. The van der Waals surface area contributed by atoms with Crippen LogP contribution in [0.15, 0.2) is 6.20 Å². The molecule has 1 fully saturated rings. The van der Waals surface area contributed by atoms with Gasteiger partial charge in [-0.2, -0.15) is 0 Å². The predicted molar refractivity (Wildman–Crippen MR) is 77.1 cm³/mol. The quantitative estimate of drug-likeness (QED) is 0.842. The first kappa shape index (κ1) is 12.9. The third-order valence-corrected chi connectivity index (χ3v) is 4.34. The van der Waals surface area contributed by atoms with Gasteiger partial charge in [0.25, 0.3) is 0 Å². The fourth-order valence-corrected chi connectivity index (χ4v) is 3.34. The molecule has 19 heavy (non-hydrogen) atoms. The molecule has 4 nitrogen and oxygen atoms in total. The number of anilines is 1. The van der Waals surface area contributed by atoms with Gasteiger partial charge >= 0.3 is 0 Å². The Morgan fingerprint density at radius 3 is 2.74 bits per heavy atom. The molecule has 0 saturated carbocycles. The minimum atomic E-state index is 0.0918. The lowest BCUT2D eigenvalue weighted by atomic mass is 9.74. The van der Waals surface area contributed by atoms with Gasteiger partial charge < -0.3 is 10.6 Å². The molecule has 1 atom stereocenters. The summed E-state index contributed by atoms with van der Waals surface area (Å²) in [6.07, 6.45) is 7.84. The Bertz CT molecular complexity index is 463. The first-order valence-electron chi connectivity index (χ1n) is 7.41. The Hall–Kier alpha value is -1.16. The van der Waals surface area contributed by atoms with Gasteiger partial charge in [0.2, 0.25) is 5.95 Å². The zero-order valence-electron chi connectivity index (χ0n) is 12.0. The molecule has 1 unspecified atom stereocenters. The summed E-state index contributed by atoms with van der Waals surface area (Å²) in [4.78, 5) is 11.7. The van der Waals surface area contributed by atoms with Crippen LogP contribution < -0.4 is 10.6 Å². The fourth-order valence-electron chi connectivity index (χ4n) is 3.34. The van der Waals surface area contributed by atoms with Crippen LogP contribution in [-0.4, -0.2) is 23.1 Å². The number of hydrogen-bond donors (Lipinski definition) is 1. The van der Waals surface area contributed by atoms with Crippen LogP contribution in [-0.2, 0) is 6.42 Å². The molecular weight excluding hydrogens is 236 g/mol. The van der Waals surface area contributed by atoms with Crippen LogP contribution >= 0.6 is 0 Å². The van der Waals surface area contributed by atoms with Crippen LogP contribution in [0, 0.1) is 5.41 Å². The van der Waals surface area contributed by atoms with E-state index in [1.54, 1.807) is 0 Å². The molecule has 1 saturated heterocycles. The first-order valence-corrected chi connectivity index (χ1v) is 7.41. The molecule has 0 bridgehead atoms. The van der Waals surface area contributed by atoms with Crippen molar-refractivity contribution in [3.63, 3.8) is 0 Å². The number of fused-ring (bicyclic) bond motifs is 1. The summed E-state index contributed by atoms with van der Waals surface area (Å²) in [7, 11) is 0. The number of nitrogens with two attached hydrogens (primary N) is 1. The van der Waals surface area contributed by atoms with Gasteiger partial charge in [-0.15, -0.1) is 0 Å². The summed E-state index contributed by atoms with van der Waals surface area (Å²) in [6, 6.07) is 0.0918. The van der Waals surface area contributed by atoms with E-state index in [2.05, 4.69) is 23.7 Å². The number of hydrogen-bond acceptors (Lipinski definition) is 4. The lowest BCUT2D eigenvalue weighted by Gasteiger charge is -2.35. The lowest BCUT2D eigenvalue weighted by molar-refractivity contribution is 0.278. The van der Waals surface area contributed by atoms with Crippen LogP contribution in [0.3, 0.4) is 0 Å². The Balaban J connectivity index is 1.90. The molecule has 2 aliphatic rings. The Morgan fingerprint density at radius 2 is 2.00 bits per heavy atom. The molecule has 0 amide bonds. The van der Waals surface area contributed by atoms with E-state index in [0.29, 0.717) is 0 Å². The van der Waals surface area contributed by atoms with Crippen LogP contribution in [0.25, 0.3) is 0 Å². The highest BCUT2D eigenvalue weighted by Crippen LogP contribution is 2.38.